The van der Waals surface area contributed by atoms with Crippen molar-refractivity contribution in [3.63, 3.8) is 0 Å². The lowest BCUT2D eigenvalue weighted by Gasteiger charge is -2.40. The first kappa shape index (κ1) is 20.1. The van der Waals surface area contributed by atoms with E-state index in [1.165, 1.54) is 11.3 Å². The van der Waals surface area contributed by atoms with E-state index in [4.69, 9.17) is 11.6 Å². The van der Waals surface area contributed by atoms with E-state index in [1.54, 1.807) is 10.9 Å². The molecule has 2 aromatic carbocycles. The number of carbonyl (C=O) groups excluding carboxylic acids is 2. The van der Waals surface area contributed by atoms with Gasteiger partial charge < -0.3 is 5.32 Å². The Bertz CT molecular complexity index is 1200. The van der Waals surface area contributed by atoms with Crippen molar-refractivity contribution in [1.29, 1.82) is 0 Å². The molecular formula is C24H20ClN3O2S. The van der Waals surface area contributed by atoms with Gasteiger partial charge in [-0.1, -0.05) is 42.3 Å². The molecule has 5 rings (SSSR count). The maximum Gasteiger partial charge on any atom is 0.235 e. The predicted molar refractivity (Wildman–Crippen MR) is 123 cm³/mol. The predicted octanol–water partition coefficient (Wildman–Crippen LogP) is 5.05. The molecule has 0 atom stereocenters. The Morgan fingerprint density at radius 1 is 1.16 bits per heavy atom. The van der Waals surface area contributed by atoms with E-state index < -0.39 is 5.41 Å². The zero-order valence-corrected chi connectivity index (χ0v) is 18.3. The van der Waals surface area contributed by atoms with Gasteiger partial charge in [-0.15, -0.1) is 11.3 Å². The van der Waals surface area contributed by atoms with Crippen LogP contribution in [0, 0.1) is 0 Å². The van der Waals surface area contributed by atoms with E-state index in [0.29, 0.717) is 29.4 Å². The van der Waals surface area contributed by atoms with Crippen LogP contribution in [0.5, 0.6) is 0 Å². The smallest absolute Gasteiger partial charge is 0.235 e. The minimum Gasteiger partial charge on any atom is -0.313 e. The van der Waals surface area contributed by atoms with Gasteiger partial charge in [0.15, 0.2) is 5.78 Å². The summed E-state index contributed by atoms with van der Waals surface area (Å²) < 4.78 is 0. The molecule has 31 heavy (non-hydrogen) atoms. The van der Waals surface area contributed by atoms with Gasteiger partial charge in [-0.2, -0.15) is 0 Å². The maximum absolute atomic E-state index is 13.2. The van der Waals surface area contributed by atoms with Gasteiger partial charge in [0.05, 0.1) is 16.6 Å². The first-order chi connectivity index (χ1) is 15.0. The van der Waals surface area contributed by atoms with Gasteiger partial charge >= 0.3 is 0 Å². The van der Waals surface area contributed by atoms with Crippen LogP contribution in [-0.4, -0.2) is 22.5 Å². The van der Waals surface area contributed by atoms with Crippen LogP contribution in [0.25, 0.3) is 0 Å². The summed E-state index contributed by atoms with van der Waals surface area (Å²) in [5.41, 5.74) is 5.37. The lowest BCUT2D eigenvalue weighted by molar-refractivity contribution is -0.128. The molecule has 1 amide bonds. The number of carbonyl (C=O) groups is 2. The van der Waals surface area contributed by atoms with Crippen molar-refractivity contribution in [2.24, 2.45) is 4.99 Å². The number of nitrogens with zero attached hydrogens (tertiary/aromatic N) is 2. The Kier molecular flexibility index (Phi) is 5.20. The number of nitrogens with one attached hydrogen (secondary N) is 1. The number of ketones is 1. The van der Waals surface area contributed by atoms with Gasteiger partial charge in [-0.3, -0.25) is 9.59 Å². The summed E-state index contributed by atoms with van der Waals surface area (Å²) in [7, 11) is 0. The van der Waals surface area contributed by atoms with E-state index in [0.717, 1.165) is 41.6 Å². The summed E-state index contributed by atoms with van der Waals surface area (Å²) in [6.45, 7) is 0. The van der Waals surface area contributed by atoms with Gasteiger partial charge in [-0.25, -0.2) is 9.98 Å². The molecule has 0 unspecified atom stereocenters. The molecular weight excluding hydrogens is 430 g/mol. The van der Waals surface area contributed by atoms with Crippen molar-refractivity contribution in [3.05, 3.63) is 80.8 Å². The van der Waals surface area contributed by atoms with Crippen LogP contribution in [0.15, 0.2) is 58.3 Å². The van der Waals surface area contributed by atoms with Crippen molar-refractivity contribution in [2.45, 2.75) is 37.5 Å². The number of Topliss-reactive ketones (excluding diaryl/α,β-unsaturated/α-hetero) is 1. The molecule has 7 heteroatoms. The van der Waals surface area contributed by atoms with Gasteiger partial charge in [0.25, 0.3) is 0 Å². The molecule has 1 aliphatic heterocycles. The number of rotatable bonds is 5. The molecule has 2 heterocycles. The van der Waals surface area contributed by atoms with Crippen LogP contribution in [0.2, 0.25) is 5.02 Å². The molecule has 1 N–H and O–H groups in total. The molecule has 1 fully saturated rings. The molecule has 0 saturated heterocycles. The third kappa shape index (κ3) is 3.82. The SMILES string of the molecule is O=C(Cc1ccc2c(c1)CC(NC(=O)C1(c3cccc(Cl)c3)CCC1)=N2)c1cscn1. The van der Waals surface area contributed by atoms with Crippen LogP contribution in [0.4, 0.5) is 5.69 Å². The number of amides is 1. The van der Waals surface area contributed by atoms with Gasteiger partial charge in [0.1, 0.15) is 11.5 Å². The molecule has 156 valence electrons. The third-order valence-corrected chi connectivity index (χ3v) is 6.94. The lowest BCUT2D eigenvalue weighted by atomic mass is 9.64. The highest BCUT2D eigenvalue weighted by molar-refractivity contribution is 7.07. The van der Waals surface area contributed by atoms with E-state index in [1.807, 2.05) is 42.5 Å². The summed E-state index contributed by atoms with van der Waals surface area (Å²) in [5.74, 6) is 0.630. The zero-order chi connectivity index (χ0) is 21.4. The first-order valence-corrected chi connectivity index (χ1v) is 11.5. The average molecular weight is 450 g/mol. The Morgan fingerprint density at radius 2 is 2.03 bits per heavy atom. The first-order valence-electron chi connectivity index (χ1n) is 10.2. The normalized spacial score (nSPS) is 16.2. The van der Waals surface area contributed by atoms with E-state index in [2.05, 4.69) is 15.3 Å². The Balaban J connectivity index is 1.28. The number of hydrogen-bond donors (Lipinski definition) is 1. The molecule has 0 spiro atoms. The molecule has 0 bridgehead atoms. The van der Waals surface area contributed by atoms with Crippen LogP contribution in [0.3, 0.4) is 0 Å². The molecule has 1 aromatic heterocycles. The fourth-order valence-electron chi connectivity index (χ4n) is 4.28. The molecule has 3 aromatic rings. The van der Waals surface area contributed by atoms with Crippen LogP contribution < -0.4 is 5.32 Å². The van der Waals surface area contributed by atoms with Crippen molar-refractivity contribution < 1.29 is 9.59 Å². The van der Waals surface area contributed by atoms with Crippen LogP contribution >= 0.6 is 22.9 Å². The quantitative estimate of drug-likeness (QED) is 0.554. The number of hydrogen-bond acceptors (Lipinski definition) is 5. The van der Waals surface area contributed by atoms with Gasteiger partial charge in [-0.05, 0) is 47.7 Å². The van der Waals surface area contributed by atoms with Gasteiger partial charge in [0, 0.05) is 23.2 Å². The molecule has 5 nitrogen and oxygen atoms in total. The van der Waals surface area contributed by atoms with Gasteiger partial charge in [0.2, 0.25) is 5.91 Å². The highest BCUT2D eigenvalue weighted by Gasteiger charge is 2.46. The third-order valence-electron chi connectivity index (χ3n) is 6.12. The summed E-state index contributed by atoms with van der Waals surface area (Å²) in [6, 6.07) is 13.4. The number of halogens is 1. The second kappa shape index (κ2) is 8.02. The van der Waals surface area contributed by atoms with Crippen molar-refractivity contribution in [3.8, 4) is 0 Å². The molecule has 1 aliphatic carbocycles. The molecule has 0 radical (unpaired) electrons. The number of fused-ring (bicyclic) bond motifs is 1. The topological polar surface area (TPSA) is 71.4 Å². The maximum atomic E-state index is 13.2. The fraction of sp³-hybridized carbons (Fsp3) is 0.250. The second-order valence-electron chi connectivity index (χ2n) is 8.07. The Labute approximate surface area is 189 Å². The second-order valence-corrected chi connectivity index (χ2v) is 9.23. The van der Waals surface area contributed by atoms with Crippen molar-refractivity contribution >= 4 is 46.2 Å². The highest BCUT2D eigenvalue weighted by atomic mass is 35.5. The molecule has 2 aliphatic rings. The van der Waals surface area contributed by atoms with E-state index >= 15 is 0 Å². The standard InChI is InChI=1S/C24H20ClN3O2S/c25-18-4-1-3-17(12-18)24(7-2-8-24)23(30)28-22-11-16-9-15(5-6-19(16)27-22)10-21(29)20-13-31-14-26-20/h1,3-6,9,12-14H,2,7-8,10-11H2,(H,27,28,30). The minimum atomic E-state index is -0.534. The Hall–Kier alpha value is -2.83. The van der Waals surface area contributed by atoms with Crippen molar-refractivity contribution in [2.75, 3.05) is 0 Å². The number of aliphatic imine (C=N–C) groups is 1. The van der Waals surface area contributed by atoms with Crippen molar-refractivity contribution in [1.82, 2.24) is 10.3 Å². The fourth-order valence-corrected chi connectivity index (χ4v) is 5.02. The minimum absolute atomic E-state index is 0.00193. The number of aromatic nitrogens is 1. The number of thiazole rings is 1. The Morgan fingerprint density at radius 3 is 2.74 bits per heavy atom. The molecule has 1 saturated carbocycles. The monoisotopic (exact) mass is 449 g/mol. The number of amidine groups is 1. The largest absolute Gasteiger partial charge is 0.313 e. The highest BCUT2D eigenvalue weighted by Crippen LogP contribution is 2.44. The zero-order valence-electron chi connectivity index (χ0n) is 16.7. The summed E-state index contributed by atoms with van der Waals surface area (Å²) >= 11 is 7.58. The van der Waals surface area contributed by atoms with Crippen LogP contribution in [0.1, 0.15) is 46.4 Å². The van der Waals surface area contributed by atoms with E-state index in [9.17, 15) is 9.59 Å². The summed E-state index contributed by atoms with van der Waals surface area (Å²) in [5, 5.41) is 5.47. The number of benzene rings is 2. The van der Waals surface area contributed by atoms with E-state index in [-0.39, 0.29) is 11.7 Å². The summed E-state index contributed by atoms with van der Waals surface area (Å²) in [4.78, 5) is 34.3. The lowest BCUT2D eigenvalue weighted by Crippen LogP contribution is -2.51. The average Bonchev–Trinajstić information content (AvgIpc) is 3.36. The summed E-state index contributed by atoms with van der Waals surface area (Å²) in [6.07, 6.45) is 3.48. The van der Waals surface area contributed by atoms with Crippen LogP contribution in [-0.2, 0) is 23.1 Å².